The number of rotatable bonds is 7. The van der Waals surface area contributed by atoms with Crippen molar-refractivity contribution in [2.45, 2.75) is 37.5 Å². The van der Waals surface area contributed by atoms with Gasteiger partial charge in [-0.1, -0.05) is 182 Å². The van der Waals surface area contributed by atoms with E-state index >= 15 is 0 Å². The first-order valence-electron chi connectivity index (χ1n) is 24.2. The maximum absolute atomic E-state index is 2.65. The van der Waals surface area contributed by atoms with Gasteiger partial charge in [-0.25, -0.2) is 0 Å². The topological polar surface area (TPSA) is 8.17 Å². The van der Waals surface area contributed by atoms with Crippen LogP contribution in [0.5, 0.6) is 0 Å². The fourth-order valence-electron chi connectivity index (χ4n) is 14.2. The highest BCUT2D eigenvalue weighted by Gasteiger charge is 2.62. The van der Waals surface area contributed by atoms with Crippen LogP contribution in [0.1, 0.15) is 43.2 Å². The monoisotopic (exact) mass is 846 g/mol. The minimum absolute atomic E-state index is 0.0423. The molecule has 0 atom stereocenters. The Morgan fingerprint density at radius 2 is 0.818 bits per heavy atom. The zero-order valence-corrected chi connectivity index (χ0v) is 37.0. The van der Waals surface area contributed by atoms with Crippen molar-refractivity contribution in [3.8, 4) is 50.2 Å². The lowest BCUT2D eigenvalue weighted by Crippen LogP contribution is -2.55. The van der Waals surface area contributed by atoms with E-state index in [-0.39, 0.29) is 5.41 Å². The Morgan fingerprint density at radius 1 is 0.348 bits per heavy atom. The number of anilines is 3. The van der Waals surface area contributed by atoms with E-state index in [4.69, 9.17) is 0 Å². The highest BCUT2D eigenvalue weighted by atomic mass is 15.2. The molecule has 4 bridgehead atoms. The molecule has 0 unspecified atom stereocenters. The van der Waals surface area contributed by atoms with Crippen molar-refractivity contribution in [1.82, 2.24) is 4.57 Å². The molecule has 4 fully saturated rings. The SMILES string of the molecule is c1ccc(-c2ccccc2-c2ccccc2-c2ccccc2N(c2ccccc2-n2c3ccccc3c3ccccc32)c2cccc3c2-c2ccccc2C32C3CC4CC(C3)CC2C4)cc1. The van der Waals surface area contributed by atoms with Crippen LogP contribution in [0.3, 0.4) is 0 Å². The molecular formula is C64H50N2. The fourth-order valence-corrected chi connectivity index (χ4v) is 14.2. The largest absolute Gasteiger partial charge is 0.307 e. The van der Waals surface area contributed by atoms with Gasteiger partial charge in [0.1, 0.15) is 0 Å². The van der Waals surface area contributed by atoms with Crippen LogP contribution in [0.4, 0.5) is 17.1 Å². The summed E-state index contributed by atoms with van der Waals surface area (Å²) in [5, 5.41) is 2.53. The van der Waals surface area contributed by atoms with E-state index in [0.29, 0.717) is 11.8 Å². The quantitative estimate of drug-likeness (QED) is 0.155. The van der Waals surface area contributed by atoms with Crippen LogP contribution in [-0.2, 0) is 5.41 Å². The lowest BCUT2D eigenvalue weighted by atomic mass is 9.43. The van der Waals surface area contributed by atoms with Crippen molar-refractivity contribution in [2.24, 2.45) is 23.7 Å². The highest BCUT2D eigenvalue weighted by molar-refractivity contribution is 6.10. The van der Waals surface area contributed by atoms with E-state index in [1.54, 1.807) is 11.1 Å². The van der Waals surface area contributed by atoms with Gasteiger partial charge >= 0.3 is 0 Å². The smallest absolute Gasteiger partial charge is 0.0702 e. The predicted octanol–water partition coefficient (Wildman–Crippen LogP) is 17.0. The summed E-state index contributed by atoms with van der Waals surface area (Å²) in [5.74, 6) is 3.11. The van der Waals surface area contributed by atoms with Crippen LogP contribution < -0.4 is 4.90 Å². The molecule has 5 aliphatic carbocycles. The maximum atomic E-state index is 2.65. The molecule has 1 spiro atoms. The Balaban J connectivity index is 1.06. The van der Waals surface area contributed by atoms with Crippen molar-refractivity contribution >= 4 is 38.9 Å². The van der Waals surface area contributed by atoms with Crippen LogP contribution >= 0.6 is 0 Å². The first-order chi connectivity index (χ1) is 32.8. The molecule has 1 heterocycles. The number of hydrogen-bond acceptors (Lipinski definition) is 1. The average molecular weight is 847 g/mol. The Labute approximate surface area is 387 Å². The zero-order chi connectivity index (χ0) is 43.3. The molecule has 66 heavy (non-hydrogen) atoms. The normalized spacial score (nSPS) is 21.1. The first-order valence-corrected chi connectivity index (χ1v) is 24.2. The van der Waals surface area contributed by atoms with Crippen LogP contribution in [-0.4, -0.2) is 4.57 Å². The molecule has 2 heteroatoms. The zero-order valence-electron chi connectivity index (χ0n) is 37.0. The standard InChI is InChI=1S/C64H50N2/c1-2-19-44(20-3-1)47-21-4-5-22-48(47)49-23-6-7-24-50(49)51-25-9-13-31-57(51)66(61-35-17-16-34-60(61)65-58-32-14-10-26-52(58)53-27-11-15-33-59(53)65)62-36-18-30-56-63(62)54-28-8-12-29-55(54)64(56)45-38-42-37-43(40-45)41-46(64)39-42/h1-36,42-43,45-46H,37-41H2. The maximum Gasteiger partial charge on any atom is 0.0702 e. The van der Waals surface area contributed by atoms with Gasteiger partial charge in [-0.2, -0.15) is 0 Å². The summed E-state index contributed by atoms with van der Waals surface area (Å²) in [7, 11) is 0. The third-order valence-corrected chi connectivity index (χ3v) is 16.4. The lowest BCUT2D eigenvalue weighted by Gasteiger charge is -2.61. The van der Waals surface area contributed by atoms with E-state index in [9.17, 15) is 0 Å². The van der Waals surface area contributed by atoms with E-state index in [1.165, 1.54) is 104 Å². The van der Waals surface area contributed by atoms with E-state index in [1.807, 2.05) is 0 Å². The van der Waals surface area contributed by atoms with Crippen LogP contribution in [0, 0.1) is 23.7 Å². The summed E-state index contributed by atoms with van der Waals surface area (Å²) in [5.41, 5.74) is 20.4. The molecule has 316 valence electrons. The number of benzene rings is 9. The minimum atomic E-state index is 0.0423. The molecule has 4 saturated carbocycles. The molecule has 5 aliphatic rings. The van der Waals surface area contributed by atoms with Gasteiger partial charge in [-0.15, -0.1) is 0 Å². The molecule has 1 aromatic heterocycles. The summed E-state index contributed by atoms with van der Waals surface area (Å²) in [6, 6.07) is 82.0. The van der Waals surface area contributed by atoms with E-state index in [2.05, 4.69) is 228 Å². The van der Waals surface area contributed by atoms with Crippen molar-refractivity contribution in [3.05, 3.63) is 230 Å². The van der Waals surface area contributed by atoms with Crippen molar-refractivity contribution in [1.29, 1.82) is 0 Å². The Kier molecular flexibility index (Phi) is 8.50. The third-order valence-electron chi connectivity index (χ3n) is 16.4. The minimum Gasteiger partial charge on any atom is -0.307 e. The van der Waals surface area contributed by atoms with Gasteiger partial charge in [-0.05, 0) is 137 Å². The molecule has 2 nitrogen and oxygen atoms in total. The van der Waals surface area contributed by atoms with E-state index in [0.717, 1.165) is 28.9 Å². The van der Waals surface area contributed by atoms with Gasteiger partial charge in [0.2, 0.25) is 0 Å². The second kappa shape index (κ2) is 14.8. The van der Waals surface area contributed by atoms with Crippen LogP contribution in [0.15, 0.2) is 218 Å². The Hall–Kier alpha value is -7.42. The Morgan fingerprint density at radius 3 is 1.50 bits per heavy atom. The predicted molar refractivity (Wildman–Crippen MR) is 275 cm³/mol. The average Bonchev–Trinajstić information content (AvgIpc) is 3.87. The summed E-state index contributed by atoms with van der Waals surface area (Å²) in [6.07, 6.45) is 6.87. The van der Waals surface area contributed by atoms with Crippen LogP contribution in [0.2, 0.25) is 0 Å². The lowest BCUT2D eigenvalue weighted by molar-refractivity contribution is -0.0399. The van der Waals surface area contributed by atoms with Gasteiger partial charge in [0, 0.05) is 27.3 Å². The van der Waals surface area contributed by atoms with Gasteiger partial charge in [0.05, 0.1) is 33.8 Å². The fraction of sp³-hybridized carbons (Fsp3) is 0.156. The van der Waals surface area contributed by atoms with Gasteiger partial charge in [0.25, 0.3) is 0 Å². The second-order valence-electron chi connectivity index (χ2n) is 19.6. The summed E-state index contributed by atoms with van der Waals surface area (Å²) >= 11 is 0. The third kappa shape index (κ3) is 5.42. The molecule has 0 saturated heterocycles. The molecule has 15 rings (SSSR count). The van der Waals surface area contributed by atoms with Crippen molar-refractivity contribution in [3.63, 3.8) is 0 Å². The molecule has 10 aromatic rings. The number of hydrogen-bond donors (Lipinski definition) is 0. The number of aromatic nitrogens is 1. The summed E-state index contributed by atoms with van der Waals surface area (Å²) < 4.78 is 2.51. The first kappa shape index (κ1) is 37.9. The van der Waals surface area contributed by atoms with Gasteiger partial charge in [0.15, 0.2) is 0 Å². The van der Waals surface area contributed by atoms with Crippen molar-refractivity contribution < 1.29 is 0 Å². The summed E-state index contributed by atoms with van der Waals surface area (Å²) in [6.45, 7) is 0. The van der Waals surface area contributed by atoms with E-state index < -0.39 is 0 Å². The van der Waals surface area contributed by atoms with Crippen LogP contribution in [0.25, 0.3) is 72.0 Å². The molecule has 0 amide bonds. The van der Waals surface area contributed by atoms with Crippen molar-refractivity contribution in [2.75, 3.05) is 4.90 Å². The number of para-hydroxylation sites is 5. The number of nitrogens with zero attached hydrogens (tertiary/aromatic N) is 2. The molecule has 9 aromatic carbocycles. The molecule has 0 N–H and O–H groups in total. The summed E-state index contributed by atoms with van der Waals surface area (Å²) in [4.78, 5) is 2.65. The molecular weight excluding hydrogens is 797 g/mol. The Bertz CT molecular complexity index is 3440. The number of fused-ring (bicyclic) bond motifs is 6. The molecule has 0 radical (unpaired) electrons. The molecule has 0 aliphatic heterocycles. The highest BCUT2D eigenvalue weighted by Crippen LogP contribution is 2.70. The van der Waals surface area contributed by atoms with Gasteiger partial charge < -0.3 is 9.47 Å². The second-order valence-corrected chi connectivity index (χ2v) is 19.6. The van der Waals surface area contributed by atoms with Gasteiger partial charge in [-0.3, -0.25) is 0 Å².